The molecule has 4 N–H and O–H groups in total. The van der Waals surface area contributed by atoms with E-state index in [0.29, 0.717) is 19.3 Å². The van der Waals surface area contributed by atoms with E-state index in [2.05, 4.69) is 41.7 Å². The molecule has 73 heavy (non-hydrogen) atoms. The Balaban J connectivity index is 2.74. The minimum atomic E-state index is -1.03. The molecule has 0 aromatic carbocycles. The summed E-state index contributed by atoms with van der Waals surface area (Å²) in [6.45, 7) is 6.24. The van der Waals surface area contributed by atoms with E-state index in [9.17, 15) is 29.4 Å². The summed E-state index contributed by atoms with van der Waals surface area (Å²) in [6.07, 6.45) is 48.0. The number of hydrogen-bond acceptors (Lipinski definition) is 11. The van der Waals surface area contributed by atoms with E-state index in [4.69, 9.17) is 9.47 Å². The molecule has 2 amide bonds. The van der Waals surface area contributed by atoms with Crippen LogP contribution in [0.25, 0.3) is 0 Å². The van der Waals surface area contributed by atoms with E-state index in [0.717, 1.165) is 64.2 Å². The van der Waals surface area contributed by atoms with Gasteiger partial charge in [0, 0.05) is 30.8 Å². The van der Waals surface area contributed by atoms with Gasteiger partial charge >= 0.3 is 11.9 Å². The Kier molecular flexibility index (Phi) is 48.1. The van der Waals surface area contributed by atoms with Crippen LogP contribution < -0.4 is 10.6 Å². The number of ether oxygens (including phenoxy) is 2. The fourth-order valence-electron chi connectivity index (χ4n) is 9.20. The number of hydrogen-bond donors (Lipinski definition) is 4. The van der Waals surface area contributed by atoms with Gasteiger partial charge in [0.2, 0.25) is 11.8 Å². The zero-order valence-corrected chi connectivity index (χ0v) is 48.0. The smallest absolute Gasteiger partial charge is 0.306 e. The van der Waals surface area contributed by atoms with Crippen LogP contribution in [-0.2, 0) is 35.2 Å². The molecule has 0 bridgehead atoms. The Labute approximate surface area is 450 Å². The van der Waals surface area contributed by atoms with Crippen molar-refractivity contribution in [3.05, 3.63) is 6.20 Å². The molecule has 0 saturated carbocycles. The molecule has 13 nitrogen and oxygen atoms in total. The normalized spacial score (nSPS) is 12.7. The lowest BCUT2D eigenvalue weighted by atomic mass is 10.0. The first-order valence-corrected chi connectivity index (χ1v) is 31.6. The molecule has 0 unspecified atom stereocenters. The molecule has 0 saturated heterocycles. The topological polar surface area (TPSA) is 182 Å². The second kappa shape index (κ2) is 51.4. The third-order valence-electron chi connectivity index (χ3n) is 13.8. The van der Waals surface area contributed by atoms with Gasteiger partial charge in [0.25, 0.3) is 0 Å². The van der Waals surface area contributed by atoms with Crippen molar-refractivity contribution >= 4 is 41.3 Å². The number of thioether (sulfide) groups is 1. The van der Waals surface area contributed by atoms with Crippen LogP contribution in [0.5, 0.6) is 0 Å². The first kappa shape index (κ1) is 68.3. The highest BCUT2D eigenvalue weighted by Crippen LogP contribution is 2.18. The molecule has 1 aromatic heterocycles. The van der Waals surface area contributed by atoms with Crippen molar-refractivity contribution in [2.24, 2.45) is 0 Å². The minimum Gasteiger partial charge on any atom is -0.462 e. The Bertz CT molecular complexity index is 1430. The number of aliphatic hydroxyl groups is 2. The molecule has 1 aromatic rings. The molecule has 0 radical (unpaired) electrons. The molecule has 426 valence electrons. The number of nitrogens with one attached hydrogen (secondary N) is 2. The summed E-state index contributed by atoms with van der Waals surface area (Å²) >= 11 is 1.35. The fourth-order valence-corrected chi connectivity index (χ4v) is 10.2. The van der Waals surface area contributed by atoms with Crippen LogP contribution in [0, 0.1) is 0 Å². The van der Waals surface area contributed by atoms with Gasteiger partial charge in [-0.3, -0.25) is 19.2 Å². The third kappa shape index (κ3) is 44.2. The average Bonchev–Trinajstić information content (AvgIpc) is 3.82. The molecule has 1 heterocycles. The van der Waals surface area contributed by atoms with Gasteiger partial charge in [0.05, 0.1) is 25.5 Å². The highest BCUT2D eigenvalue weighted by Gasteiger charge is 2.24. The first-order valence-electron chi connectivity index (χ1n) is 30.4. The molecule has 0 aliphatic heterocycles. The van der Waals surface area contributed by atoms with Gasteiger partial charge in [-0.25, -0.2) is 4.68 Å². The van der Waals surface area contributed by atoms with Crippen LogP contribution in [-0.4, -0.2) is 91.9 Å². The maximum Gasteiger partial charge on any atom is 0.306 e. The maximum atomic E-state index is 13.7. The molecule has 0 aliphatic carbocycles. The molecule has 0 aliphatic rings. The number of carbonyl (C=O) groups excluding carboxylic acids is 4. The van der Waals surface area contributed by atoms with E-state index >= 15 is 0 Å². The van der Waals surface area contributed by atoms with Crippen molar-refractivity contribution in [3.63, 3.8) is 0 Å². The van der Waals surface area contributed by atoms with Gasteiger partial charge in [-0.15, -0.1) is 5.10 Å². The van der Waals surface area contributed by atoms with Crippen LogP contribution in [0.15, 0.2) is 6.20 Å². The average molecular weight is 1050 g/mol. The second-order valence-electron chi connectivity index (χ2n) is 21.1. The Hall–Kier alpha value is -2.71. The number of esters is 2. The number of amides is 2. The van der Waals surface area contributed by atoms with Crippen molar-refractivity contribution < 1.29 is 38.9 Å². The van der Waals surface area contributed by atoms with Crippen molar-refractivity contribution in [1.82, 2.24) is 20.3 Å². The summed E-state index contributed by atoms with van der Waals surface area (Å²) < 4.78 is 13.0. The number of carbonyl (C=O) groups is 4. The van der Waals surface area contributed by atoms with E-state index < -0.39 is 30.8 Å². The van der Waals surface area contributed by atoms with E-state index in [1.165, 1.54) is 209 Å². The largest absolute Gasteiger partial charge is 0.462 e. The predicted molar refractivity (Wildman–Crippen MR) is 303 cm³/mol. The van der Waals surface area contributed by atoms with E-state index in [1.54, 1.807) is 0 Å². The van der Waals surface area contributed by atoms with Crippen molar-refractivity contribution in [2.45, 2.75) is 315 Å². The standard InChI is InChI=1S/C59H111N5O8S/c1-4-7-10-13-16-19-22-25-28-31-34-37-40-43-56(67)60-54(59(70)61-55-47-64(63-62-55)46-52(66)48-65)51-73-50-53(72-58(69)45-42-39-36-33-30-27-24-21-18-15-12-9-6-3)49-71-57(68)44-41-38-35-32-29-26-23-20-17-14-11-8-5-2/h47,52-54,65-66H,4-46,48-51H2,1-3H3,(H,60,67)(H,61,70)/t52-,53-,54-/m1/s1. The summed E-state index contributed by atoms with van der Waals surface area (Å²) in [5.74, 6) is -0.745. The molecule has 0 spiro atoms. The van der Waals surface area contributed by atoms with Crippen molar-refractivity contribution in [1.29, 1.82) is 0 Å². The number of rotatable bonds is 55. The Morgan fingerprint density at radius 1 is 0.548 bits per heavy atom. The molecule has 14 heteroatoms. The highest BCUT2D eigenvalue weighted by molar-refractivity contribution is 7.99. The highest BCUT2D eigenvalue weighted by atomic mass is 32.2. The quantitative estimate of drug-likeness (QED) is 0.0360. The molecule has 3 atom stereocenters. The van der Waals surface area contributed by atoms with E-state index in [-0.39, 0.29) is 48.3 Å². The van der Waals surface area contributed by atoms with E-state index in [1.807, 2.05) is 0 Å². The maximum absolute atomic E-state index is 13.7. The number of aliphatic hydroxyl groups excluding tert-OH is 2. The lowest BCUT2D eigenvalue weighted by molar-refractivity contribution is -0.157. The van der Waals surface area contributed by atoms with Crippen LogP contribution in [0.4, 0.5) is 5.82 Å². The summed E-state index contributed by atoms with van der Waals surface area (Å²) in [7, 11) is 0. The fraction of sp³-hybridized carbons (Fsp3) is 0.898. The van der Waals surface area contributed by atoms with Crippen LogP contribution in [0.3, 0.4) is 0 Å². The number of aromatic nitrogens is 3. The first-order chi connectivity index (χ1) is 35.7. The third-order valence-corrected chi connectivity index (χ3v) is 15.0. The molecular weight excluding hydrogens is 939 g/mol. The predicted octanol–water partition coefficient (Wildman–Crippen LogP) is 14.7. The Morgan fingerprint density at radius 3 is 1.34 bits per heavy atom. The molecule has 1 rings (SSSR count). The zero-order chi connectivity index (χ0) is 53.1. The molecule has 0 fully saturated rings. The van der Waals surface area contributed by atoms with Gasteiger partial charge in [0.1, 0.15) is 18.8 Å². The second-order valence-corrected chi connectivity index (χ2v) is 22.2. The monoisotopic (exact) mass is 1050 g/mol. The van der Waals surface area contributed by atoms with Gasteiger partial charge in [-0.05, 0) is 19.3 Å². The summed E-state index contributed by atoms with van der Waals surface area (Å²) in [5.41, 5.74) is 0. The van der Waals surface area contributed by atoms with Gasteiger partial charge in [0.15, 0.2) is 5.82 Å². The summed E-state index contributed by atoms with van der Waals surface area (Å²) in [4.78, 5) is 53.1. The van der Waals surface area contributed by atoms with Gasteiger partial charge in [-0.1, -0.05) is 257 Å². The van der Waals surface area contributed by atoms with Gasteiger partial charge in [-0.2, -0.15) is 11.8 Å². The van der Waals surface area contributed by atoms with Crippen molar-refractivity contribution in [3.8, 4) is 0 Å². The van der Waals surface area contributed by atoms with Crippen LogP contribution >= 0.6 is 11.8 Å². The number of unbranched alkanes of at least 4 members (excludes halogenated alkanes) is 36. The lowest BCUT2D eigenvalue weighted by Gasteiger charge is -2.21. The zero-order valence-electron chi connectivity index (χ0n) is 47.1. The van der Waals surface area contributed by atoms with Crippen LogP contribution in [0.2, 0.25) is 0 Å². The Morgan fingerprint density at radius 2 is 0.932 bits per heavy atom. The van der Waals surface area contributed by atoms with Gasteiger partial charge < -0.3 is 30.3 Å². The number of nitrogens with zero attached hydrogens (tertiary/aromatic N) is 3. The summed E-state index contributed by atoms with van der Waals surface area (Å²) in [5, 5.41) is 32.7. The SMILES string of the molecule is CCCCCCCCCCCCCCCC(=O)N[C@H](CSC[C@@H](COC(=O)CCCCCCCCCCCCCCC)OC(=O)CCCCCCCCCCCCCCC)C(=O)Nc1cn(C[C@@H](O)CO)nn1. The molecular formula is C59H111N5O8S. The van der Waals surface area contributed by atoms with Crippen molar-refractivity contribution in [2.75, 3.05) is 30.0 Å². The van der Waals surface area contributed by atoms with Crippen LogP contribution in [0.1, 0.15) is 290 Å². The lowest BCUT2D eigenvalue weighted by Crippen LogP contribution is -2.45. The minimum absolute atomic E-state index is 0.00203. The summed E-state index contributed by atoms with van der Waals surface area (Å²) in [6, 6.07) is -0.937. The number of anilines is 1.